The quantitative estimate of drug-likeness (QED) is 0.166. The van der Waals surface area contributed by atoms with E-state index in [0.717, 1.165) is 10.8 Å². The molecule has 0 saturated heterocycles. The Labute approximate surface area is 207 Å². The van der Waals surface area contributed by atoms with Crippen molar-refractivity contribution in [2.75, 3.05) is 0 Å². The number of hydrogen-bond acceptors (Lipinski definition) is 6. The summed E-state index contributed by atoms with van der Waals surface area (Å²) in [5.41, 5.74) is 6.13. The van der Waals surface area contributed by atoms with Crippen LogP contribution >= 0.6 is 12.4 Å². The van der Waals surface area contributed by atoms with Gasteiger partial charge in [-0.3, -0.25) is 15.0 Å². The van der Waals surface area contributed by atoms with E-state index in [4.69, 9.17) is 25.4 Å². The molecule has 1 aromatic heterocycles. The van der Waals surface area contributed by atoms with Crippen molar-refractivity contribution in [1.29, 1.82) is 5.41 Å². The first kappa shape index (κ1) is 25.8. The van der Waals surface area contributed by atoms with Gasteiger partial charge in [-0.1, -0.05) is 18.2 Å². The summed E-state index contributed by atoms with van der Waals surface area (Å²) < 4.78 is 10.9. The molecular formula is C25H26ClN3O6. The van der Waals surface area contributed by atoms with E-state index < -0.39 is 11.9 Å². The molecule has 1 aliphatic carbocycles. The first-order valence-electron chi connectivity index (χ1n) is 11.0. The van der Waals surface area contributed by atoms with Crippen LogP contribution in [0.5, 0.6) is 5.75 Å². The zero-order valence-electron chi connectivity index (χ0n) is 18.8. The Morgan fingerprint density at radius 2 is 1.66 bits per heavy atom. The van der Waals surface area contributed by atoms with Crippen LogP contribution in [0.2, 0.25) is 0 Å². The molecule has 35 heavy (non-hydrogen) atoms. The molecular weight excluding hydrogens is 474 g/mol. The van der Waals surface area contributed by atoms with Gasteiger partial charge in [0.25, 0.3) is 0 Å². The van der Waals surface area contributed by atoms with Gasteiger partial charge in [-0.15, -0.1) is 12.4 Å². The number of amides is 1. The highest BCUT2D eigenvalue weighted by Crippen LogP contribution is 2.29. The molecule has 1 saturated carbocycles. The lowest BCUT2D eigenvalue weighted by atomic mass is 9.81. The molecule has 0 atom stereocenters. The van der Waals surface area contributed by atoms with E-state index in [9.17, 15) is 14.4 Å². The maximum absolute atomic E-state index is 12.5. The number of furan rings is 1. The maximum Gasteiger partial charge on any atom is 0.379 e. The molecule has 10 heteroatoms. The summed E-state index contributed by atoms with van der Waals surface area (Å²) >= 11 is 0. The van der Waals surface area contributed by atoms with E-state index in [1.54, 1.807) is 42.5 Å². The van der Waals surface area contributed by atoms with Crippen molar-refractivity contribution < 1.29 is 28.6 Å². The predicted molar refractivity (Wildman–Crippen MR) is 131 cm³/mol. The van der Waals surface area contributed by atoms with E-state index in [0.29, 0.717) is 42.8 Å². The third-order valence-corrected chi connectivity index (χ3v) is 6.08. The van der Waals surface area contributed by atoms with Gasteiger partial charge in [0.05, 0.1) is 12.5 Å². The van der Waals surface area contributed by atoms with Crippen LogP contribution in [0.25, 0.3) is 10.8 Å². The Bertz CT molecular complexity index is 1260. The first-order valence-corrected chi connectivity index (χ1v) is 11.0. The molecule has 1 aliphatic rings. The molecule has 3 aromatic rings. The van der Waals surface area contributed by atoms with Crippen LogP contribution < -0.4 is 15.8 Å². The molecule has 1 fully saturated rings. The van der Waals surface area contributed by atoms with Gasteiger partial charge >= 0.3 is 11.9 Å². The summed E-state index contributed by atoms with van der Waals surface area (Å²) in [5.74, 6) is -1.45. The minimum absolute atomic E-state index is 0. The number of nitrogen functional groups attached to an aromatic ring is 1. The van der Waals surface area contributed by atoms with Crippen LogP contribution in [0.1, 0.15) is 47.6 Å². The monoisotopic (exact) mass is 499 g/mol. The number of halogens is 1. The largest absolute Gasteiger partial charge is 0.481 e. The summed E-state index contributed by atoms with van der Waals surface area (Å²) in [7, 11) is 0. The van der Waals surface area contributed by atoms with Crippen LogP contribution in [0.4, 0.5) is 0 Å². The minimum Gasteiger partial charge on any atom is -0.481 e. The fraction of sp³-hybridized carbons (Fsp3) is 0.280. The number of carbonyl (C=O) groups is 3. The Morgan fingerprint density at radius 1 is 1.00 bits per heavy atom. The number of carboxylic acid groups (broad SMARTS) is 1. The number of carboxylic acids is 1. The van der Waals surface area contributed by atoms with Crippen LogP contribution in [0.3, 0.4) is 0 Å². The number of fused-ring (bicyclic) bond motifs is 1. The number of amidine groups is 1. The highest BCUT2D eigenvalue weighted by Gasteiger charge is 2.29. The molecule has 2 aromatic carbocycles. The standard InChI is InChI=1S/C25H25N3O6.ClH/c26-22(27)18-6-5-17-12-19(8-7-16(17)11-18)34-25(32)21-10-9-20(33-21)13-28-23(29)14-1-3-15(4-2-14)24(30)31;/h5-12,14-15H,1-4,13H2,(H3,26,27)(H,28,29)(H,30,31);1H/t14-,15+;. The Balaban J connectivity index is 0.00000342. The Morgan fingerprint density at radius 3 is 2.34 bits per heavy atom. The molecule has 0 unspecified atom stereocenters. The minimum atomic E-state index is -0.806. The molecule has 0 radical (unpaired) electrons. The third-order valence-electron chi connectivity index (χ3n) is 6.08. The van der Waals surface area contributed by atoms with Crippen LogP contribution in [0.15, 0.2) is 52.9 Å². The number of aliphatic carboxylic acids is 1. The molecule has 5 N–H and O–H groups in total. The second-order valence-electron chi connectivity index (χ2n) is 8.40. The van der Waals surface area contributed by atoms with Gasteiger partial charge in [-0.2, -0.15) is 0 Å². The molecule has 0 bridgehead atoms. The van der Waals surface area contributed by atoms with E-state index in [1.807, 2.05) is 0 Å². The maximum atomic E-state index is 12.5. The average molecular weight is 500 g/mol. The third kappa shape index (κ3) is 6.19. The number of carbonyl (C=O) groups excluding carboxylic acids is 2. The predicted octanol–water partition coefficient (Wildman–Crippen LogP) is 3.87. The van der Waals surface area contributed by atoms with Gasteiger partial charge < -0.3 is 25.3 Å². The smallest absolute Gasteiger partial charge is 0.379 e. The number of nitrogens with two attached hydrogens (primary N) is 1. The normalized spacial score (nSPS) is 17.3. The second-order valence-corrected chi connectivity index (χ2v) is 8.40. The topological polar surface area (TPSA) is 156 Å². The van der Waals surface area contributed by atoms with Gasteiger partial charge in [-0.05, 0) is 66.8 Å². The molecule has 0 spiro atoms. The zero-order valence-corrected chi connectivity index (χ0v) is 19.6. The van der Waals surface area contributed by atoms with Crippen molar-refractivity contribution in [3.8, 4) is 5.75 Å². The van der Waals surface area contributed by atoms with Crippen LogP contribution in [0, 0.1) is 17.2 Å². The highest BCUT2D eigenvalue weighted by atomic mass is 35.5. The van der Waals surface area contributed by atoms with E-state index in [2.05, 4.69) is 5.32 Å². The Hall–Kier alpha value is -3.85. The van der Waals surface area contributed by atoms with Gasteiger partial charge in [0.15, 0.2) is 0 Å². The van der Waals surface area contributed by atoms with Gasteiger partial charge in [-0.25, -0.2) is 4.79 Å². The SMILES string of the molecule is Cl.N=C(N)c1ccc2cc(OC(=O)c3ccc(CNC(=O)[C@H]4CC[C@@H](C(=O)O)CC4)o3)ccc2c1. The fourth-order valence-electron chi connectivity index (χ4n) is 4.12. The van der Waals surface area contributed by atoms with E-state index >= 15 is 0 Å². The fourth-order valence-corrected chi connectivity index (χ4v) is 4.12. The van der Waals surface area contributed by atoms with Crippen LogP contribution in [-0.4, -0.2) is 28.8 Å². The summed E-state index contributed by atoms with van der Waals surface area (Å²) in [5, 5.41) is 21.1. The number of rotatable bonds is 7. The van der Waals surface area contributed by atoms with Crippen molar-refractivity contribution in [2.45, 2.75) is 32.2 Å². The van der Waals surface area contributed by atoms with Crippen molar-refractivity contribution in [1.82, 2.24) is 5.32 Å². The molecule has 1 amide bonds. The molecule has 9 nitrogen and oxygen atoms in total. The van der Waals surface area contributed by atoms with Crippen molar-refractivity contribution in [3.63, 3.8) is 0 Å². The van der Waals surface area contributed by atoms with Crippen molar-refractivity contribution in [2.24, 2.45) is 17.6 Å². The number of esters is 1. The summed E-state index contributed by atoms with van der Waals surface area (Å²) in [4.78, 5) is 35.9. The average Bonchev–Trinajstić information content (AvgIpc) is 3.31. The lowest BCUT2D eigenvalue weighted by Gasteiger charge is -2.25. The van der Waals surface area contributed by atoms with Crippen molar-refractivity contribution in [3.05, 3.63) is 65.6 Å². The van der Waals surface area contributed by atoms with Gasteiger partial charge in [0.2, 0.25) is 11.7 Å². The lowest BCUT2D eigenvalue weighted by Crippen LogP contribution is -2.34. The number of benzene rings is 2. The van der Waals surface area contributed by atoms with E-state index in [1.165, 1.54) is 6.07 Å². The highest BCUT2D eigenvalue weighted by molar-refractivity contribution is 5.99. The number of ether oxygens (including phenoxy) is 1. The lowest BCUT2D eigenvalue weighted by molar-refractivity contribution is -0.144. The van der Waals surface area contributed by atoms with Crippen LogP contribution in [-0.2, 0) is 16.1 Å². The molecule has 184 valence electrons. The number of nitrogens with one attached hydrogen (secondary N) is 2. The summed E-state index contributed by atoms with van der Waals surface area (Å²) in [6.07, 6.45) is 2.08. The van der Waals surface area contributed by atoms with Gasteiger partial charge in [0.1, 0.15) is 17.3 Å². The number of hydrogen-bond donors (Lipinski definition) is 4. The van der Waals surface area contributed by atoms with Gasteiger partial charge in [0, 0.05) is 11.5 Å². The van der Waals surface area contributed by atoms with E-state index in [-0.39, 0.29) is 48.3 Å². The summed E-state index contributed by atoms with van der Waals surface area (Å²) in [6, 6.07) is 13.5. The Kier molecular flexibility index (Phi) is 8.14. The molecule has 4 rings (SSSR count). The second kappa shape index (κ2) is 11.1. The molecule has 0 aliphatic heterocycles. The molecule has 1 heterocycles. The first-order chi connectivity index (χ1) is 16.3. The van der Waals surface area contributed by atoms with Crippen molar-refractivity contribution >= 4 is 46.9 Å². The zero-order chi connectivity index (χ0) is 24.2. The summed E-state index contributed by atoms with van der Waals surface area (Å²) in [6.45, 7) is 0.124.